The summed E-state index contributed by atoms with van der Waals surface area (Å²) in [6, 6.07) is 0. The van der Waals surface area contributed by atoms with Crippen LogP contribution in [0.1, 0.15) is 64.2 Å². The quantitative estimate of drug-likeness (QED) is 0.353. The summed E-state index contributed by atoms with van der Waals surface area (Å²) in [5, 5.41) is 0. The smallest absolute Gasteiger partial charge is 0.294 e. The van der Waals surface area contributed by atoms with Crippen LogP contribution in [0.15, 0.2) is 0 Å². The summed E-state index contributed by atoms with van der Waals surface area (Å²) in [6.45, 7) is 5.47. The molecule has 2 nitrogen and oxygen atoms in total. The Balaban J connectivity index is 0.000000108. The van der Waals surface area contributed by atoms with E-state index in [9.17, 15) is 0 Å². The standard InChI is InChI=1S/2C13H23BO/c2*1-2-4-15(3-1)14-8-11-5-12(9-14)7-13(6-11)10-14/h2*11-13H,1-10H2. The zero-order valence-electron chi connectivity index (χ0n) is 19.6. The first-order chi connectivity index (χ1) is 14.7. The molecule has 4 heteroatoms. The largest absolute Gasteiger partial charge is 0.671 e. The van der Waals surface area contributed by atoms with Crippen LogP contribution < -0.4 is 0 Å². The monoisotopic (exact) mass is 412 g/mol. The molecule has 2 saturated carbocycles. The maximum absolute atomic E-state index is 3.83. The molecule has 10 rings (SSSR count). The highest BCUT2D eigenvalue weighted by Gasteiger charge is 2.56. The van der Waals surface area contributed by atoms with Gasteiger partial charge < -0.3 is 8.57 Å². The van der Waals surface area contributed by atoms with Crippen LogP contribution in [0.5, 0.6) is 0 Å². The Labute approximate surface area is 185 Å². The Hall–Kier alpha value is 0.0499. The van der Waals surface area contributed by atoms with Gasteiger partial charge in [0, 0.05) is 25.7 Å². The van der Waals surface area contributed by atoms with Crippen LogP contribution in [0.4, 0.5) is 0 Å². The molecule has 8 bridgehead atoms. The molecule has 0 amide bonds. The minimum Gasteiger partial charge on any atom is -0.671 e. The van der Waals surface area contributed by atoms with Crippen LogP contribution in [0, 0.1) is 35.5 Å². The minimum atomic E-state index is -0.0868. The van der Waals surface area contributed by atoms with Crippen LogP contribution in [-0.2, 0) is 8.57 Å². The van der Waals surface area contributed by atoms with E-state index in [0.29, 0.717) is 0 Å². The van der Waals surface area contributed by atoms with Gasteiger partial charge in [0.05, 0.1) is 26.4 Å². The fourth-order valence-corrected chi connectivity index (χ4v) is 12.0. The van der Waals surface area contributed by atoms with Crippen molar-refractivity contribution in [2.75, 3.05) is 26.4 Å². The molecule has 8 aliphatic heterocycles. The van der Waals surface area contributed by atoms with Gasteiger partial charge in [0.15, 0.2) is 0 Å². The van der Waals surface area contributed by atoms with Crippen molar-refractivity contribution in [3.8, 4) is 0 Å². The summed E-state index contributed by atoms with van der Waals surface area (Å²) >= 11 is 0. The van der Waals surface area contributed by atoms with Gasteiger partial charge in [0.1, 0.15) is 0 Å². The van der Waals surface area contributed by atoms with Crippen LogP contribution in [0.2, 0.25) is 37.9 Å². The molecule has 8 heterocycles. The number of rotatable bonds is 2. The molecular formula is C26H46B2O2. The van der Waals surface area contributed by atoms with Crippen molar-refractivity contribution >= 4 is 12.7 Å². The van der Waals surface area contributed by atoms with E-state index in [1.165, 1.54) is 52.1 Å². The third kappa shape index (κ3) is 3.20. The fraction of sp³-hybridized carbons (Fsp3) is 1.00. The second-order valence-corrected chi connectivity index (χ2v) is 14.1. The molecule has 0 spiro atoms. The highest BCUT2D eigenvalue weighted by atomic mass is 16.7. The van der Waals surface area contributed by atoms with Gasteiger partial charge in [-0.15, -0.1) is 0 Å². The van der Waals surface area contributed by atoms with Gasteiger partial charge in [-0.3, -0.25) is 0 Å². The lowest BCUT2D eigenvalue weighted by atomic mass is 9.21. The maximum atomic E-state index is 3.83. The predicted molar refractivity (Wildman–Crippen MR) is 129 cm³/mol. The highest BCUT2D eigenvalue weighted by molar-refractivity contribution is 6.75. The van der Waals surface area contributed by atoms with Crippen LogP contribution in [0.25, 0.3) is 0 Å². The Bertz CT molecular complexity index is 525. The zero-order chi connectivity index (χ0) is 19.8. The van der Waals surface area contributed by atoms with E-state index in [4.69, 9.17) is 0 Å². The van der Waals surface area contributed by atoms with Gasteiger partial charge in [-0.2, -0.15) is 0 Å². The van der Waals surface area contributed by atoms with Crippen LogP contribution >= 0.6 is 0 Å². The Morgan fingerprint density at radius 3 is 0.833 bits per heavy atom. The van der Waals surface area contributed by atoms with Crippen LogP contribution in [0.3, 0.4) is 0 Å². The lowest BCUT2D eigenvalue weighted by molar-refractivity contribution is 0.00523. The Kier molecular flexibility index (Phi) is 4.73. The fourth-order valence-electron chi connectivity index (χ4n) is 12.0. The van der Waals surface area contributed by atoms with Crippen molar-refractivity contribution in [2.45, 2.75) is 102 Å². The molecule has 0 aromatic rings. The van der Waals surface area contributed by atoms with Crippen molar-refractivity contribution < 1.29 is 8.57 Å². The first-order valence-electron chi connectivity index (χ1n) is 14.4. The predicted octanol–water partition coefficient (Wildman–Crippen LogP) is 6.68. The maximum Gasteiger partial charge on any atom is 0.294 e. The molecule has 0 N–H and O–H groups in total. The van der Waals surface area contributed by atoms with Gasteiger partial charge in [-0.25, -0.2) is 0 Å². The number of hydrogen-bond donors (Lipinski definition) is 0. The van der Waals surface area contributed by atoms with Gasteiger partial charge in [0.25, 0.3) is 12.7 Å². The molecule has 30 heavy (non-hydrogen) atoms. The first kappa shape index (κ1) is 19.5. The average Bonchev–Trinajstić information content (AvgIpc) is 3.42. The lowest BCUT2D eigenvalue weighted by Crippen LogP contribution is -2.59. The van der Waals surface area contributed by atoms with Crippen molar-refractivity contribution in [1.82, 2.24) is 0 Å². The Morgan fingerprint density at radius 1 is 0.367 bits per heavy atom. The van der Waals surface area contributed by atoms with E-state index >= 15 is 0 Å². The molecule has 168 valence electrons. The lowest BCUT2D eigenvalue weighted by Gasteiger charge is -2.61. The molecule has 10 fully saturated rings. The molecule has 10 aliphatic rings. The topological polar surface area (TPSA) is 5.40 Å². The summed E-state index contributed by atoms with van der Waals surface area (Å²) in [7, 11) is 0. The van der Waals surface area contributed by atoms with Crippen molar-refractivity contribution in [2.24, 2.45) is 35.5 Å². The first-order valence-corrected chi connectivity index (χ1v) is 14.4. The summed E-state index contributed by atoms with van der Waals surface area (Å²) in [5.41, 5.74) is 0. The van der Waals surface area contributed by atoms with Crippen molar-refractivity contribution in [3.05, 3.63) is 0 Å². The molecule has 8 saturated heterocycles. The normalized spacial score (nSPS) is 54.0. The third-order valence-corrected chi connectivity index (χ3v) is 12.1. The molecule has 0 aromatic carbocycles. The number of hydrogen-bond acceptors (Lipinski definition) is 0. The molecule has 0 unspecified atom stereocenters. The average molecular weight is 412 g/mol. The molecule has 0 aromatic heterocycles. The molecule has 2 aliphatic carbocycles. The molecule has 0 atom stereocenters. The van der Waals surface area contributed by atoms with E-state index in [1.54, 1.807) is 76.4 Å². The van der Waals surface area contributed by atoms with E-state index in [-0.39, 0.29) is 12.7 Å². The summed E-state index contributed by atoms with van der Waals surface area (Å²) < 4.78 is 7.67. The summed E-state index contributed by atoms with van der Waals surface area (Å²) in [5.74, 6) is 6.77. The van der Waals surface area contributed by atoms with E-state index in [1.807, 2.05) is 0 Å². The zero-order valence-corrected chi connectivity index (χ0v) is 19.6. The van der Waals surface area contributed by atoms with Crippen molar-refractivity contribution in [1.29, 1.82) is 0 Å². The molecule has 0 radical (unpaired) electrons. The van der Waals surface area contributed by atoms with Gasteiger partial charge in [0.2, 0.25) is 0 Å². The third-order valence-electron chi connectivity index (χ3n) is 12.1. The van der Waals surface area contributed by atoms with E-state index in [0.717, 1.165) is 35.5 Å². The highest BCUT2D eigenvalue weighted by Crippen LogP contribution is 2.59. The minimum absolute atomic E-state index is 0.0868. The Morgan fingerprint density at radius 2 is 0.600 bits per heavy atom. The van der Waals surface area contributed by atoms with Gasteiger partial charge >= 0.3 is 0 Å². The summed E-state index contributed by atoms with van der Waals surface area (Å²) in [4.78, 5) is 0. The van der Waals surface area contributed by atoms with Crippen molar-refractivity contribution in [3.63, 3.8) is 0 Å². The summed E-state index contributed by atoms with van der Waals surface area (Å²) in [6.07, 6.45) is 24.8. The molecular weight excluding hydrogens is 366 g/mol. The van der Waals surface area contributed by atoms with E-state index < -0.39 is 0 Å². The van der Waals surface area contributed by atoms with Crippen LogP contribution in [-0.4, -0.2) is 39.1 Å². The second-order valence-electron chi connectivity index (χ2n) is 14.1. The SMILES string of the molecule is C1CC[O+]([B-]23CC4CC(CC(C4)C2)C3)C1.C1CC[O+]([B-]23CC4CC(CC(C4)C2)C3)C1. The van der Waals surface area contributed by atoms with Gasteiger partial charge in [-0.05, 0) is 0 Å². The van der Waals surface area contributed by atoms with E-state index in [2.05, 4.69) is 8.57 Å². The second kappa shape index (κ2) is 7.28. The van der Waals surface area contributed by atoms with Gasteiger partial charge in [-0.1, -0.05) is 112 Å².